The van der Waals surface area contributed by atoms with Crippen molar-refractivity contribution >= 4 is 22.6 Å². The lowest BCUT2D eigenvalue weighted by Gasteiger charge is -2.21. The molecule has 0 saturated carbocycles. The van der Waals surface area contributed by atoms with E-state index in [1.807, 2.05) is 62.1 Å². The zero-order valence-electron chi connectivity index (χ0n) is 13.8. The Balaban J connectivity index is 1.88. The number of hydrogen-bond acceptors (Lipinski definition) is 2. The molecule has 2 aromatic carbocycles. The van der Waals surface area contributed by atoms with Crippen molar-refractivity contribution in [1.82, 2.24) is 0 Å². The molecule has 0 unspecified atom stereocenters. The van der Waals surface area contributed by atoms with Gasteiger partial charge in [-0.1, -0.05) is 23.8 Å². The van der Waals surface area contributed by atoms with Crippen LogP contribution in [0.4, 0.5) is 5.69 Å². The van der Waals surface area contributed by atoms with Crippen molar-refractivity contribution in [2.75, 3.05) is 11.4 Å². The third-order valence-electron chi connectivity index (χ3n) is 4.08. The molecule has 0 N–H and O–H groups in total. The number of aryl methyl sites for hydroxylation is 2. The molecular weight excluding hydrogens is 286 g/mol. The van der Waals surface area contributed by atoms with Crippen molar-refractivity contribution in [3.8, 4) is 0 Å². The van der Waals surface area contributed by atoms with Crippen molar-refractivity contribution in [3.63, 3.8) is 0 Å². The molecule has 1 aromatic heterocycles. The minimum atomic E-state index is 0.0855. The van der Waals surface area contributed by atoms with Gasteiger partial charge in [-0.15, -0.1) is 0 Å². The number of likely N-dealkylation sites (N-methyl/N-ethyl adjacent to an activating group) is 1. The number of carbonyl (C=O) groups is 1. The Kier molecular flexibility index (Phi) is 4.20. The molecule has 0 radical (unpaired) electrons. The van der Waals surface area contributed by atoms with E-state index in [0.29, 0.717) is 13.0 Å². The van der Waals surface area contributed by atoms with Crippen LogP contribution >= 0.6 is 0 Å². The number of nitrogens with zero attached hydrogens (tertiary/aromatic N) is 1. The summed E-state index contributed by atoms with van der Waals surface area (Å²) in [4.78, 5) is 14.6. The molecule has 23 heavy (non-hydrogen) atoms. The van der Waals surface area contributed by atoms with Gasteiger partial charge >= 0.3 is 0 Å². The Hall–Kier alpha value is -2.55. The van der Waals surface area contributed by atoms with Crippen molar-refractivity contribution in [3.05, 3.63) is 65.4 Å². The van der Waals surface area contributed by atoms with Crippen LogP contribution in [-0.4, -0.2) is 12.5 Å². The van der Waals surface area contributed by atoms with Gasteiger partial charge in [-0.25, -0.2) is 0 Å². The van der Waals surface area contributed by atoms with Gasteiger partial charge < -0.3 is 9.32 Å². The van der Waals surface area contributed by atoms with Crippen LogP contribution in [0.5, 0.6) is 0 Å². The van der Waals surface area contributed by atoms with Gasteiger partial charge in [0.15, 0.2) is 0 Å². The second kappa shape index (κ2) is 6.29. The molecule has 0 aliphatic carbocycles. The molecule has 0 spiro atoms. The topological polar surface area (TPSA) is 33.5 Å². The van der Waals surface area contributed by atoms with E-state index in [0.717, 1.165) is 27.8 Å². The molecule has 118 valence electrons. The summed E-state index contributed by atoms with van der Waals surface area (Å²) < 4.78 is 5.57. The van der Waals surface area contributed by atoms with Gasteiger partial charge in [-0.2, -0.15) is 0 Å². The van der Waals surface area contributed by atoms with E-state index in [9.17, 15) is 4.79 Å². The minimum absolute atomic E-state index is 0.0855. The number of amides is 1. The van der Waals surface area contributed by atoms with E-state index in [2.05, 4.69) is 6.07 Å². The fourth-order valence-electron chi connectivity index (χ4n) is 2.89. The van der Waals surface area contributed by atoms with Crippen LogP contribution in [-0.2, 0) is 11.2 Å². The van der Waals surface area contributed by atoms with E-state index in [4.69, 9.17) is 4.42 Å². The zero-order valence-corrected chi connectivity index (χ0v) is 13.8. The van der Waals surface area contributed by atoms with E-state index in [-0.39, 0.29) is 5.91 Å². The van der Waals surface area contributed by atoms with Gasteiger partial charge in [0.1, 0.15) is 5.58 Å². The van der Waals surface area contributed by atoms with Crippen LogP contribution in [0, 0.1) is 13.8 Å². The smallest absolute Gasteiger partial charge is 0.231 e. The number of benzene rings is 2. The number of rotatable bonds is 4. The summed E-state index contributed by atoms with van der Waals surface area (Å²) in [6, 6.07) is 14.1. The summed E-state index contributed by atoms with van der Waals surface area (Å²) in [5.41, 5.74) is 5.04. The number of carbonyl (C=O) groups excluding carboxylic acids is 1. The molecule has 0 aliphatic heterocycles. The Labute approximate surface area is 136 Å². The summed E-state index contributed by atoms with van der Waals surface area (Å²) >= 11 is 0. The monoisotopic (exact) mass is 307 g/mol. The summed E-state index contributed by atoms with van der Waals surface area (Å²) in [5, 5.41) is 1.03. The number of fused-ring (bicyclic) bond motifs is 1. The second-order valence-corrected chi connectivity index (χ2v) is 5.91. The number of furan rings is 1. The average Bonchev–Trinajstić information content (AvgIpc) is 2.90. The molecule has 0 fully saturated rings. The predicted molar refractivity (Wildman–Crippen MR) is 93.9 cm³/mol. The molecule has 3 rings (SSSR count). The first-order valence-corrected chi connectivity index (χ1v) is 7.92. The van der Waals surface area contributed by atoms with Crippen molar-refractivity contribution in [1.29, 1.82) is 0 Å². The van der Waals surface area contributed by atoms with E-state index < -0.39 is 0 Å². The van der Waals surface area contributed by atoms with Crippen LogP contribution in [0.1, 0.15) is 23.6 Å². The summed E-state index contributed by atoms with van der Waals surface area (Å²) in [7, 11) is 0. The highest BCUT2D eigenvalue weighted by atomic mass is 16.3. The van der Waals surface area contributed by atoms with Crippen molar-refractivity contribution in [2.24, 2.45) is 0 Å². The first kappa shape index (κ1) is 15.3. The number of hydrogen-bond donors (Lipinski definition) is 0. The van der Waals surface area contributed by atoms with E-state index in [1.165, 1.54) is 5.56 Å². The maximum absolute atomic E-state index is 12.8. The maximum atomic E-state index is 12.8. The third-order valence-corrected chi connectivity index (χ3v) is 4.08. The Morgan fingerprint density at radius 2 is 1.87 bits per heavy atom. The SMILES string of the molecule is CCN(C(=O)Cc1coc2ccc(C)cc12)c1cccc(C)c1. The highest BCUT2D eigenvalue weighted by molar-refractivity contribution is 5.97. The van der Waals surface area contributed by atoms with Gasteiger partial charge in [-0.3, -0.25) is 4.79 Å². The quantitative estimate of drug-likeness (QED) is 0.703. The Morgan fingerprint density at radius 1 is 1.09 bits per heavy atom. The van der Waals surface area contributed by atoms with Gasteiger partial charge in [0.2, 0.25) is 5.91 Å². The fourth-order valence-corrected chi connectivity index (χ4v) is 2.89. The minimum Gasteiger partial charge on any atom is -0.464 e. The maximum Gasteiger partial charge on any atom is 0.231 e. The first-order chi connectivity index (χ1) is 11.1. The lowest BCUT2D eigenvalue weighted by Crippen LogP contribution is -2.31. The normalized spacial score (nSPS) is 10.9. The predicted octanol–water partition coefficient (Wildman–Crippen LogP) is 4.65. The molecule has 0 atom stereocenters. The van der Waals surface area contributed by atoms with Crippen LogP contribution in [0.2, 0.25) is 0 Å². The standard InChI is InChI=1S/C20H21NO2/c1-4-21(17-7-5-6-14(2)10-17)20(22)12-16-13-23-19-9-8-15(3)11-18(16)19/h5-11,13H,4,12H2,1-3H3. The van der Waals surface area contributed by atoms with E-state index in [1.54, 1.807) is 6.26 Å². The van der Waals surface area contributed by atoms with Gasteiger partial charge in [0, 0.05) is 23.2 Å². The number of anilines is 1. The zero-order chi connectivity index (χ0) is 16.4. The lowest BCUT2D eigenvalue weighted by atomic mass is 10.1. The van der Waals surface area contributed by atoms with Crippen LogP contribution in [0.25, 0.3) is 11.0 Å². The third kappa shape index (κ3) is 3.14. The van der Waals surface area contributed by atoms with Crippen molar-refractivity contribution < 1.29 is 9.21 Å². The first-order valence-electron chi connectivity index (χ1n) is 7.92. The van der Waals surface area contributed by atoms with Gasteiger partial charge in [-0.05, 0) is 50.6 Å². The van der Waals surface area contributed by atoms with Crippen LogP contribution in [0.3, 0.4) is 0 Å². The molecule has 1 heterocycles. The Morgan fingerprint density at radius 3 is 2.61 bits per heavy atom. The van der Waals surface area contributed by atoms with E-state index >= 15 is 0 Å². The highest BCUT2D eigenvalue weighted by Gasteiger charge is 2.17. The molecule has 3 heteroatoms. The molecule has 0 saturated heterocycles. The fraction of sp³-hybridized carbons (Fsp3) is 0.250. The van der Waals surface area contributed by atoms with Crippen molar-refractivity contribution in [2.45, 2.75) is 27.2 Å². The summed E-state index contributed by atoms with van der Waals surface area (Å²) in [6.07, 6.45) is 2.05. The molecular formula is C20H21NO2. The van der Waals surface area contributed by atoms with Gasteiger partial charge in [0.05, 0.1) is 12.7 Å². The van der Waals surface area contributed by atoms with Gasteiger partial charge in [0.25, 0.3) is 0 Å². The molecule has 3 aromatic rings. The molecule has 0 bridgehead atoms. The van der Waals surface area contributed by atoms with Crippen LogP contribution < -0.4 is 4.90 Å². The lowest BCUT2D eigenvalue weighted by molar-refractivity contribution is -0.117. The van der Waals surface area contributed by atoms with Crippen LogP contribution in [0.15, 0.2) is 53.1 Å². The Bertz CT molecular complexity index is 848. The second-order valence-electron chi connectivity index (χ2n) is 5.91. The molecule has 3 nitrogen and oxygen atoms in total. The molecule has 0 aliphatic rings. The summed E-state index contributed by atoms with van der Waals surface area (Å²) in [5.74, 6) is 0.0855. The average molecular weight is 307 g/mol. The molecule has 1 amide bonds. The highest BCUT2D eigenvalue weighted by Crippen LogP contribution is 2.24. The summed E-state index contributed by atoms with van der Waals surface area (Å²) in [6.45, 7) is 6.73. The largest absolute Gasteiger partial charge is 0.464 e.